The van der Waals surface area contributed by atoms with Crippen molar-refractivity contribution in [3.05, 3.63) is 48.0 Å². The maximum atomic E-state index is 12.5. The number of anilines is 2. The van der Waals surface area contributed by atoms with E-state index >= 15 is 0 Å². The first kappa shape index (κ1) is 16.8. The van der Waals surface area contributed by atoms with E-state index < -0.39 is 0 Å². The Bertz CT molecular complexity index is 858. The number of benzene rings is 2. The third kappa shape index (κ3) is 3.63. The van der Waals surface area contributed by atoms with Crippen LogP contribution in [0.1, 0.15) is 25.3 Å². The largest absolute Gasteiger partial charge is 0.367 e. The zero-order chi connectivity index (χ0) is 18.1. The molecule has 1 N–H and O–H groups in total. The van der Waals surface area contributed by atoms with Crippen LogP contribution in [0.15, 0.2) is 42.5 Å². The molecule has 0 bridgehead atoms. The lowest BCUT2D eigenvalue weighted by Crippen LogP contribution is -2.34. The highest BCUT2D eigenvalue weighted by Crippen LogP contribution is 2.36. The number of carbonyl (C=O) groups excluding carboxylic acids is 2. The van der Waals surface area contributed by atoms with Gasteiger partial charge >= 0.3 is 0 Å². The molecule has 0 atom stereocenters. The second-order valence-electron chi connectivity index (χ2n) is 7.05. The summed E-state index contributed by atoms with van der Waals surface area (Å²) < 4.78 is 5.54. The van der Waals surface area contributed by atoms with Gasteiger partial charge < -0.3 is 15.0 Å². The fourth-order valence-electron chi connectivity index (χ4n) is 3.32. The summed E-state index contributed by atoms with van der Waals surface area (Å²) >= 11 is 0. The summed E-state index contributed by atoms with van der Waals surface area (Å²) in [5.41, 5.74) is 4.77. The van der Waals surface area contributed by atoms with Gasteiger partial charge in [0.2, 0.25) is 5.91 Å². The minimum atomic E-state index is -0.0950. The zero-order valence-corrected chi connectivity index (χ0v) is 14.8. The Labute approximate surface area is 153 Å². The van der Waals surface area contributed by atoms with Gasteiger partial charge in [0, 0.05) is 30.4 Å². The van der Waals surface area contributed by atoms with E-state index in [0.717, 1.165) is 34.6 Å². The lowest BCUT2D eigenvalue weighted by atomic mass is 10.0. The molecule has 1 fully saturated rings. The van der Waals surface area contributed by atoms with E-state index in [0.29, 0.717) is 12.5 Å². The molecule has 0 saturated heterocycles. The highest BCUT2D eigenvalue weighted by molar-refractivity contribution is 5.96. The smallest absolute Gasteiger partial charge is 0.253 e. The first-order valence-electron chi connectivity index (χ1n) is 8.99. The van der Waals surface area contributed by atoms with E-state index in [9.17, 15) is 9.59 Å². The molecular weight excluding hydrogens is 328 g/mol. The van der Waals surface area contributed by atoms with Gasteiger partial charge in [0.05, 0.1) is 6.61 Å². The number of nitrogens with zero attached hydrogens (tertiary/aromatic N) is 1. The van der Waals surface area contributed by atoms with Crippen LogP contribution in [0.3, 0.4) is 0 Å². The first-order valence-corrected chi connectivity index (χ1v) is 8.99. The number of carbonyl (C=O) groups is 2. The third-order valence-electron chi connectivity index (χ3n) is 4.81. The van der Waals surface area contributed by atoms with Crippen LogP contribution in [0.25, 0.3) is 11.1 Å². The van der Waals surface area contributed by atoms with Crippen LogP contribution in [0, 0.1) is 5.92 Å². The number of fused-ring (bicyclic) bond motifs is 1. The molecule has 0 radical (unpaired) electrons. The molecule has 1 aliphatic heterocycles. The van der Waals surface area contributed by atoms with E-state index in [1.165, 1.54) is 19.8 Å². The van der Waals surface area contributed by atoms with E-state index in [1.807, 2.05) is 41.3 Å². The molecule has 134 valence electrons. The molecule has 5 heteroatoms. The van der Waals surface area contributed by atoms with Crippen LogP contribution in [0.2, 0.25) is 0 Å². The Balaban J connectivity index is 1.71. The molecule has 0 unspecified atom stereocenters. The molecule has 1 aliphatic carbocycles. The monoisotopic (exact) mass is 350 g/mol. The first-order chi connectivity index (χ1) is 12.6. The van der Waals surface area contributed by atoms with Crippen molar-refractivity contribution in [2.75, 3.05) is 23.4 Å². The predicted octanol–water partition coefficient (Wildman–Crippen LogP) is 3.59. The molecule has 2 aromatic rings. The second kappa shape index (κ2) is 6.92. The molecule has 2 aromatic carbocycles. The molecule has 5 nitrogen and oxygen atoms in total. The molecule has 0 aromatic heterocycles. The average molecular weight is 350 g/mol. The minimum Gasteiger partial charge on any atom is -0.367 e. The van der Waals surface area contributed by atoms with Crippen molar-refractivity contribution < 1.29 is 14.3 Å². The molecule has 2 aliphatic rings. The fourth-order valence-corrected chi connectivity index (χ4v) is 3.32. The standard InChI is InChI=1S/C21H22N2O3/c1-14(24)22-19-4-2-3-16(9-19)17-7-8-18-12-26-13-21(25)23(20(18)10-17)11-15-5-6-15/h2-4,7-10,15H,5-6,11-13H2,1H3,(H,22,24). The number of ether oxygens (including phenoxy) is 1. The molecule has 1 saturated carbocycles. The zero-order valence-electron chi connectivity index (χ0n) is 14.8. The maximum Gasteiger partial charge on any atom is 0.253 e. The Hall–Kier alpha value is -2.66. The van der Waals surface area contributed by atoms with E-state index in [-0.39, 0.29) is 18.4 Å². The third-order valence-corrected chi connectivity index (χ3v) is 4.81. The molecule has 0 spiro atoms. The van der Waals surface area contributed by atoms with Gasteiger partial charge in [0.15, 0.2) is 0 Å². The summed E-state index contributed by atoms with van der Waals surface area (Å²) in [6, 6.07) is 13.9. The Morgan fingerprint density at radius 2 is 1.96 bits per heavy atom. The van der Waals surface area contributed by atoms with Gasteiger partial charge in [0.25, 0.3) is 5.91 Å². The minimum absolute atomic E-state index is 0.0276. The van der Waals surface area contributed by atoms with Crippen molar-refractivity contribution in [1.29, 1.82) is 0 Å². The normalized spacial score (nSPS) is 16.8. The number of amides is 2. The SMILES string of the molecule is CC(=O)Nc1cccc(-c2ccc3c(c2)N(CC2CC2)C(=O)COC3)c1. The molecule has 26 heavy (non-hydrogen) atoms. The maximum absolute atomic E-state index is 12.5. The van der Waals surface area contributed by atoms with Crippen LogP contribution in [-0.4, -0.2) is 25.0 Å². The summed E-state index contributed by atoms with van der Waals surface area (Å²) in [5.74, 6) is 0.541. The Morgan fingerprint density at radius 3 is 2.73 bits per heavy atom. The van der Waals surface area contributed by atoms with Gasteiger partial charge in [-0.3, -0.25) is 9.59 Å². The Kier molecular flexibility index (Phi) is 4.47. The van der Waals surface area contributed by atoms with Crippen molar-refractivity contribution in [1.82, 2.24) is 0 Å². The van der Waals surface area contributed by atoms with Crippen LogP contribution in [0.4, 0.5) is 11.4 Å². The van der Waals surface area contributed by atoms with Gasteiger partial charge in [-0.25, -0.2) is 0 Å². The van der Waals surface area contributed by atoms with Crippen LogP contribution < -0.4 is 10.2 Å². The molecule has 1 heterocycles. The molecular formula is C21H22N2O3. The van der Waals surface area contributed by atoms with Crippen LogP contribution in [-0.2, 0) is 20.9 Å². The van der Waals surface area contributed by atoms with E-state index in [1.54, 1.807) is 0 Å². The number of hydrogen-bond acceptors (Lipinski definition) is 3. The van der Waals surface area contributed by atoms with Gasteiger partial charge in [-0.2, -0.15) is 0 Å². The van der Waals surface area contributed by atoms with E-state index in [2.05, 4.69) is 11.4 Å². The van der Waals surface area contributed by atoms with Gasteiger partial charge in [0.1, 0.15) is 6.61 Å². The highest BCUT2D eigenvalue weighted by Gasteiger charge is 2.30. The molecule has 4 rings (SSSR count). The number of nitrogens with one attached hydrogen (secondary N) is 1. The summed E-state index contributed by atoms with van der Waals surface area (Å²) in [5, 5.41) is 2.81. The number of hydrogen-bond donors (Lipinski definition) is 1. The summed E-state index contributed by atoms with van der Waals surface area (Å²) in [7, 11) is 0. The van der Waals surface area contributed by atoms with Crippen molar-refractivity contribution in [2.24, 2.45) is 5.92 Å². The average Bonchev–Trinajstić information content (AvgIpc) is 3.44. The molecule has 2 amide bonds. The quantitative estimate of drug-likeness (QED) is 0.917. The second-order valence-corrected chi connectivity index (χ2v) is 7.05. The van der Waals surface area contributed by atoms with E-state index in [4.69, 9.17) is 4.74 Å². The van der Waals surface area contributed by atoms with Gasteiger partial charge in [-0.1, -0.05) is 24.3 Å². The highest BCUT2D eigenvalue weighted by atomic mass is 16.5. The van der Waals surface area contributed by atoms with Gasteiger partial charge in [-0.15, -0.1) is 0 Å². The van der Waals surface area contributed by atoms with Crippen molar-refractivity contribution in [2.45, 2.75) is 26.4 Å². The summed E-state index contributed by atoms with van der Waals surface area (Å²) in [6.45, 7) is 2.85. The topological polar surface area (TPSA) is 58.6 Å². The van der Waals surface area contributed by atoms with Crippen molar-refractivity contribution in [3.8, 4) is 11.1 Å². The summed E-state index contributed by atoms with van der Waals surface area (Å²) in [6.07, 6.45) is 2.39. The predicted molar refractivity (Wildman–Crippen MR) is 101 cm³/mol. The van der Waals surface area contributed by atoms with Crippen LogP contribution >= 0.6 is 0 Å². The lowest BCUT2D eigenvalue weighted by Gasteiger charge is -2.23. The van der Waals surface area contributed by atoms with Crippen molar-refractivity contribution in [3.63, 3.8) is 0 Å². The Morgan fingerprint density at radius 1 is 1.15 bits per heavy atom. The summed E-state index contributed by atoms with van der Waals surface area (Å²) in [4.78, 5) is 25.7. The fraction of sp³-hybridized carbons (Fsp3) is 0.333. The van der Waals surface area contributed by atoms with Crippen LogP contribution in [0.5, 0.6) is 0 Å². The van der Waals surface area contributed by atoms with Gasteiger partial charge in [-0.05, 0) is 48.1 Å². The van der Waals surface area contributed by atoms with Crippen molar-refractivity contribution >= 4 is 23.2 Å². The lowest BCUT2D eigenvalue weighted by molar-refractivity contribution is -0.123. The number of rotatable bonds is 4.